The Labute approximate surface area is 257 Å². The molecular weight excluding hydrogens is 597 g/mol. The fraction of sp³-hybridized carbons (Fsp3) is 0.0541. The van der Waals surface area contributed by atoms with Crippen LogP contribution in [0, 0.1) is 29.1 Å². The highest BCUT2D eigenvalue weighted by molar-refractivity contribution is 7.20. The molecule has 0 N–H and O–H groups in total. The second-order valence-electron chi connectivity index (χ2n) is 10.9. The molecule has 7 rings (SSSR count). The van der Waals surface area contributed by atoms with E-state index in [-0.39, 0.29) is 0 Å². The number of nitrogens with zero attached hydrogens (tertiary/aromatic N) is 1. The maximum Gasteiger partial charge on any atom is 0.299 e. The molecule has 1 atom stereocenters. The normalized spacial score (nSPS) is 14.5. The predicted octanol–water partition coefficient (Wildman–Crippen LogP) is 6.41. The molecule has 0 radical (unpaired) electrons. The van der Waals surface area contributed by atoms with Gasteiger partial charge < -0.3 is 4.74 Å². The molecule has 2 nitrogen and oxygen atoms in total. The van der Waals surface area contributed by atoms with Crippen molar-refractivity contribution < 1.29 is 31.3 Å². The topological polar surface area (TPSA) is 12.2 Å². The zero-order valence-corrected chi connectivity index (χ0v) is 24.9. The Morgan fingerprint density at radius 1 is 0.578 bits per heavy atom. The Bertz CT molecular complexity index is 1980. The van der Waals surface area contributed by atoms with E-state index in [2.05, 4.69) is 42.5 Å². The van der Waals surface area contributed by atoms with Gasteiger partial charge in [0.15, 0.2) is 14.3 Å². The summed E-state index contributed by atoms with van der Waals surface area (Å²) in [7, 11) is -3.16. The van der Waals surface area contributed by atoms with Gasteiger partial charge in [0.05, 0.1) is 5.56 Å². The summed E-state index contributed by atoms with van der Waals surface area (Å²) in [6, 6.07) is 40.1. The Kier molecular flexibility index (Phi) is 7.09. The molecule has 0 spiro atoms. The van der Waals surface area contributed by atoms with Crippen LogP contribution in [0.1, 0.15) is 12.5 Å². The second-order valence-corrected chi connectivity index (χ2v) is 14.7. The molecule has 1 aliphatic rings. The molecule has 6 aromatic rings. The van der Waals surface area contributed by atoms with E-state index >= 15 is 8.78 Å². The van der Waals surface area contributed by atoms with Gasteiger partial charge in [-0.1, -0.05) is 121 Å². The van der Waals surface area contributed by atoms with Gasteiger partial charge in [0.2, 0.25) is 29.1 Å². The number of halogens is 5. The summed E-state index contributed by atoms with van der Waals surface area (Å²) >= 11 is 0. The van der Waals surface area contributed by atoms with E-state index < -0.39 is 49.1 Å². The summed E-state index contributed by atoms with van der Waals surface area (Å²) in [4.78, 5) is 0. The summed E-state index contributed by atoms with van der Waals surface area (Å²) in [5, 5.41) is 5.67. The van der Waals surface area contributed by atoms with Gasteiger partial charge in [-0.05, 0) is 31.5 Å². The maximum atomic E-state index is 15.2. The summed E-state index contributed by atoms with van der Waals surface area (Å²) in [6.07, 6.45) is 0.313. The van der Waals surface area contributed by atoms with Crippen molar-refractivity contribution in [2.24, 2.45) is 0 Å². The van der Waals surface area contributed by atoms with Crippen LogP contribution < -0.4 is 25.5 Å². The molecule has 6 aromatic carbocycles. The van der Waals surface area contributed by atoms with E-state index in [0.717, 1.165) is 30.7 Å². The lowest BCUT2D eigenvalue weighted by atomic mass is 10.0. The first-order valence-electron chi connectivity index (χ1n) is 14.4. The van der Waals surface area contributed by atoms with Crippen molar-refractivity contribution in [1.29, 1.82) is 0 Å². The quantitative estimate of drug-likeness (QED) is 0.0541. The van der Waals surface area contributed by atoms with Crippen molar-refractivity contribution in [1.82, 2.24) is 0 Å². The monoisotopic (exact) mass is 622 g/mol. The Balaban J connectivity index is 1.64. The van der Waals surface area contributed by atoms with E-state index in [1.807, 2.05) is 78.9 Å². The third-order valence-electron chi connectivity index (χ3n) is 8.46. The van der Waals surface area contributed by atoms with Crippen molar-refractivity contribution in [2.45, 2.75) is 13.2 Å². The minimum Gasteiger partial charge on any atom is -0.433 e. The molecule has 1 unspecified atom stereocenters. The smallest absolute Gasteiger partial charge is 0.299 e. The van der Waals surface area contributed by atoms with Gasteiger partial charge in [-0.2, -0.15) is 13.4 Å². The van der Waals surface area contributed by atoms with Gasteiger partial charge in [-0.3, -0.25) is 0 Å². The fourth-order valence-electron chi connectivity index (χ4n) is 6.46. The van der Waals surface area contributed by atoms with Gasteiger partial charge in [0, 0.05) is 6.92 Å². The summed E-state index contributed by atoms with van der Waals surface area (Å²) in [6.45, 7) is 1.52. The van der Waals surface area contributed by atoms with Crippen molar-refractivity contribution in [3.05, 3.63) is 156 Å². The lowest BCUT2D eigenvalue weighted by molar-refractivity contribution is -0.526. The average molecular weight is 623 g/mol. The SMILES string of the molecule is CC1Oc2c([Si](c3ccccc3)(c3ccccc3)c3ccccc3)cc3ccccc3c2C=[N+]1c1c(F)c(F)c(F)c(F)c1F. The molecule has 0 bridgehead atoms. The molecule has 1 aliphatic heterocycles. The minimum absolute atomic E-state index is 0.477. The van der Waals surface area contributed by atoms with Gasteiger partial charge >= 0.3 is 0 Å². The zero-order chi connectivity index (χ0) is 31.3. The van der Waals surface area contributed by atoms with Crippen LogP contribution in [-0.2, 0) is 0 Å². The third kappa shape index (κ3) is 4.39. The molecule has 45 heavy (non-hydrogen) atoms. The molecule has 0 aliphatic carbocycles. The van der Waals surface area contributed by atoms with Gasteiger partial charge in [-0.25, -0.2) is 13.2 Å². The molecule has 1 heterocycles. The average Bonchev–Trinajstić information content (AvgIpc) is 3.09. The molecule has 0 amide bonds. The lowest BCUT2D eigenvalue weighted by Crippen LogP contribution is -2.75. The summed E-state index contributed by atoms with van der Waals surface area (Å²) < 4.78 is 80.6. The van der Waals surface area contributed by atoms with Gasteiger partial charge in [-0.15, -0.1) is 0 Å². The van der Waals surface area contributed by atoms with Crippen LogP contribution in [0.15, 0.2) is 121 Å². The maximum absolute atomic E-state index is 15.2. The van der Waals surface area contributed by atoms with Crippen LogP contribution in [-0.4, -0.2) is 25.1 Å². The first kappa shape index (κ1) is 28.7. The number of hydrogen-bond acceptors (Lipinski definition) is 1. The standard InChI is InChI=1S/C37H25F5NOSi/c1-23-43(36-34(41)32(39)31(38)33(40)35(36)42)22-29-28-20-12-11-13-24(28)21-30(37(29)44-23)45(25-14-5-2-6-15-25,26-16-7-3-8-17-26)27-18-9-4-10-19-27/h2-23H,1H3/q+1. The Morgan fingerprint density at radius 2 is 1.02 bits per heavy atom. The van der Waals surface area contributed by atoms with Crippen LogP contribution in [0.4, 0.5) is 27.6 Å². The van der Waals surface area contributed by atoms with Gasteiger partial charge in [0.25, 0.3) is 11.9 Å². The van der Waals surface area contributed by atoms with Crippen LogP contribution in [0.5, 0.6) is 5.75 Å². The lowest BCUT2D eigenvalue weighted by Gasteiger charge is -2.37. The van der Waals surface area contributed by atoms with Crippen LogP contribution in [0.3, 0.4) is 0 Å². The largest absolute Gasteiger partial charge is 0.433 e. The van der Waals surface area contributed by atoms with Crippen LogP contribution >= 0.6 is 0 Å². The number of fused-ring (bicyclic) bond motifs is 3. The van der Waals surface area contributed by atoms with E-state index in [9.17, 15) is 13.2 Å². The first-order valence-corrected chi connectivity index (χ1v) is 16.4. The van der Waals surface area contributed by atoms with Crippen molar-refractivity contribution in [3.8, 4) is 5.75 Å². The molecule has 8 heteroatoms. The molecule has 0 saturated heterocycles. The van der Waals surface area contributed by atoms with Crippen LogP contribution in [0.2, 0.25) is 0 Å². The van der Waals surface area contributed by atoms with Gasteiger partial charge in [0.1, 0.15) is 5.75 Å². The van der Waals surface area contributed by atoms with Crippen LogP contribution in [0.25, 0.3) is 10.8 Å². The summed E-state index contributed by atoms with van der Waals surface area (Å²) in [5.41, 5.74) is -0.596. The molecule has 0 aromatic heterocycles. The first-order chi connectivity index (χ1) is 21.8. The minimum atomic E-state index is -3.16. The number of benzene rings is 6. The van der Waals surface area contributed by atoms with E-state index in [1.165, 1.54) is 13.1 Å². The highest BCUT2D eigenvalue weighted by atomic mass is 28.3. The molecular formula is C37H25F5NOSi+. The van der Waals surface area contributed by atoms with E-state index in [4.69, 9.17) is 4.74 Å². The molecule has 0 fully saturated rings. The predicted molar refractivity (Wildman–Crippen MR) is 169 cm³/mol. The highest BCUT2D eigenvalue weighted by Crippen LogP contribution is 2.36. The number of ether oxygens (including phenoxy) is 1. The molecule has 222 valence electrons. The summed E-state index contributed by atoms with van der Waals surface area (Å²) in [5.74, 6) is -9.61. The second kappa shape index (κ2) is 11.1. The van der Waals surface area contributed by atoms with Crippen molar-refractivity contribution in [2.75, 3.05) is 0 Å². The van der Waals surface area contributed by atoms with Crippen molar-refractivity contribution >= 4 is 51.5 Å². The molecule has 0 saturated carbocycles. The third-order valence-corrected chi connectivity index (χ3v) is 13.2. The zero-order valence-electron chi connectivity index (χ0n) is 23.9. The Morgan fingerprint density at radius 3 is 1.53 bits per heavy atom. The highest BCUT2D eigenvalue weighted by Gasteiger charge is 2.47. The number of rotatable bonds is 5. The fourth-order valence-corrected chi connectivity index (χ4v) is 11.4. The van der Waals surface area contributed by atoms with Crippen molar-refractivity contribution in [3.63, 3.8) is 0 Å². The number of hydrogen-bond donors (Lipinski definition) is 0. The van der Waals surface area contributed by atoms with E-state index in [0.29, 0.717) is 16.7 Å². The Hall–Kier alpha value is -5.08. The van der Waals surface area contributed by atoms with E-state index in [1.54, 1.807) is 0 Å².